The Kier molecular flexibility index (Phi) is 4.26. The number of nitrogens with zero attached hydrogens (tertiary/aromatic N) is 2. The largest absolute Gasteiger partial charge is 0.484 e. The Balaban J connectivity index is 1.45. The minimum atomic E-state index is -0.171. The first-order valence-electron chi connectivity index (χ1n) is 7.64. The molecule has 0 radical (unpaired) electrons. The summed E-state index contributed by atoms with van der Waals surface area (Å²) in [6.45, 7) is 0.569. The lowest BCUT2D eigenvalue weighted by molar-refractivity contribution is -0.120. The summed E-state index contributed by atoms with van der Waals surface area (Å²) in [5.41, 5.74) is 0. The summed E-state index contributed by atoms with van der Waals surface area (Å²) in [5.74, 6) is 2.31. The summed E-state index contributed by atoms with van der Waals surface area (Å²) in [4.78, 5) is 15.4. The van der Waals surface area contributed by atoms with Gasteiger partial charge in [-0.1, -0.05) is 6.07 Å². The number of nitrogens with one attached hydrogen (secondary N) is 1. The van der Waals surface area contributed by atoms with Crippen molar-refractivity contribution in [1.29, 1.82) is 0 Å². The number of aromatic nitrogens is 2. The molecule has 0 aliphatic carbocycles. The number of anilines is 1. The second-order valence-electron chi connectivity index (χ2n) is 5.30. The average Bonchev–Trinajstić information content (AvgIpc) is 3.39. The highest BCUT2D eigenvalue weighted by molar-refractivity contribution is 7.09. The van der Waals surface area contributed by atoms with Crippen molar-refractivity contribution in [2.24, 2.45) is 0 Å². The second kappa shape index (κ2) is 6.86. The number of amides is 1. The van der Waals surface area contributed by atoms with Gasteiger partial charge in [0.1, 0.15) is 11.6 Å². The van der Waals surface area contributed by atoms with Crippen LogP contribution in [-0.4, -0.2) is 29.5 Å². The molecule has 1 amide bonds. The molecule has 4 rings (SSSR count). The molecular weight excluding hydrogens is 342 g/mol. The van der Waals surface area contributed by atoms with Crippen LogP contribution in [0.2, 0.25) is 0 Å². The fraction of sp³-hybridized carbons (Fsp3) is 0.176. The smallest absolute Gasteiger partial charge is 0.266 e. The number of aromatic amines is 1. The number of thiophene rings is 1. The lowest BCUT2D eigenvalue weighted by Gasteiger charge is -2.20. The number of benzene rings is 1. The standard InChI is InChI=1S/C17H15N3O4S/c21-17(10-22-12-3-4-14-15(8-12)24-11-23-14)20(16-5-6-18-19-16)9-13-2-1-7-25-13/h1-8H,9-11H2,(H,18,19). The van der Waals surface area contributed by atoms with Crippen molar-refractivity contribution in [1.82, 2.24) is 10.2 Å². The number of rotatable bonds is 6. The van der Waals surface area contributed by atoms with E-state index in [2.05, 4.69) is 10.2 Å². The van der Waals surface area contributed by atoms with Crippen LogP contribution in [0.3, 0.4) is 0 Å². The van der Waals surface area contributed by atoms with Crippen LogP contribution < -0.4 is 19.1 Å². The van der Waals surface area contributed by atoms with E-state index in [1.54, 1.807) is 46.7 Å². The van der Waals surface area contributed by atoms with Gasteiger partial charge in [0.05, 0.1) is 12.7 Å². The first-order valence-corrected chi connectivity index (χ1v) is 8.52. The van der Waals surface area contributed by atoms with Crippen molar-refractivity contribution in [3.05, 3.63) is 52.9 Å². The zero-order chi connectivity index (χ0) is 17.1. The van der Waals surface area contributed by atoms with Crippen molar-refractivity contribution in [3.8, 4) is 17.2 Å². The molecule has 1 aliphatic heterocycles. The molecule has 0 unspecified atom stereocenters. The van der Waals surface area contributed by atoms with E-state index in [0.29, 0.717) is 29.6 Å². The van der Waals surface area contributed by atoms with Gasteiger partial charge >= 0.3 is 0 Å². The van der Waals surface area contributed by atoms with Crippen molar-refractivity contribution < 1.29 is 19.0 Å². The van der Waals surface area contributed by atoms with E-state index in [4.69, 9.17) is 14.2 Å². The van der Waals surface area contributed by atoms with Crippen molar-refractivity contribution >= 4 is 23.1 Å². The van der Waals surface area contributed by atoms with Gasteiger partial charge < -0.3 is 14.2 Å². The van der Waals surface area contributed by atoms with Crippen LogP contribution >= 0.6 is 11.3 Å². The quantitative estimate of drug-likeness (QED) is 0.734. The number of hydrogen-bond acceptors (Lipinski definition) is 6. The van der Waals surface area contributed by atoms with Gasteiger partial charge in [0.15, 0.2) is 18.1 Å². The zero-order valence-electron chi connectivity index (χ0n) is 13.2. The Bertz CT molecular complexity index is 849. The number of fused-ring (bicyclic) bond motifs is 1. The lowest BCUT2D eigenvalue weighted by Crippen LogP contribution is -2.34. The Labute approximate surface area is 147 Å². The molecule has 3 aromatic rings. The van der Waals surface area contributed by atoms with E-state index in [-0.39, 0.29) is 19.3 Å². The maximum absolute atomic E-state index is 12.7. The third-order valence-corrected chi connectivity index (χ3v) is 4.54. The maximum atomic E-state index is 12.7. The predicted molar refractivity (Wildman–Crippen MR) is 92.2 cm³/mol. The molecule has 0 fully saturated rings. The molecule has 8 heteroatoms. The van der Waals surface area contributed by atoms with Crippen LogP contribution in [0, 0.1) is 0 Å². The summed E-state index contributed by atoms with van der Waals surface area (Å²) in [5, 5.41) is 8.74. The van der Waals surface area contributed by atoms with Crippen LogP contribution in [0.5, 0.6) is 17.2 Å². The average molecular weight is 357 g/mol. The Morgan fingerprint density at radius 3 is 3.00 bits per heavy atom. The molecule has 3 heterocycles. The van der Waals surface area contributed by atoms with Crippen LogP contribution in [0.25, 0.3) is 0 Å². The van der Waals surface area contributed by atoms with Gasteiger partial charge in [-0.05, 0) is 23.6 Å². The highest BCUT2D eigenvalue weighted by atomic mass is 32.1. The van der Waals surface area contributed by atoms with E-state index in [0.717, 1.165) is 4.88 Å². The lowest BCUT2D eigenvalue weighted by atomic mass is 10.3. The highest BCUT2D eigenvalue weighted by Gasteiger charge is 2.19. The minimum absolute atomic E-state index is 0.0932. The third kappa shape index (κ3) is 3.43. The van der Waals surface area contributed by atoms with Gasteiger partial charge in [-0.15, -0.1) is 11.3 Å². The predicted octanol–water partition coefficient (Wildman–Crippen LogP) is 2.81. The first kappa shape index (κ1) is 15.5. The van der Waals surface area contributed by atoms with E-state index in [1.807, 2.05) is 17.5 Å². The molecular formula is C17H15N3O4S. The summed E-state index contributed by atoms with van der Waals surface area (Å²) < 4.78 is 16.2. The van der Waals surface area contributed by atoms with Crippen LogP contribution in [0.15, 0.2) is 48.0 Å². The summed E-state index contributed by atoms with van der Waals surface area (Å²) in [6, 6.07) is 10.9. The molecule has 128 valence electrons. The zero-order valence-corrected chi connectivity index (χ0v) is 14.0. The monoisotopic (exact) mass is 357 g/mol. The van der Waals surface area contributed by atoms with E-state index >= 15 is 0 Å². The number of H-pyrrole nitrogens is 1. The summed E-state index contributed by atoms with van der Waals surface area (Å²) in [6.07, 6.45) is 1.61. The second-order valence-corrected chi connectivity index (χ2v) is 6.34. The molecule has 7 nitrogen and oxygen atoms in total. The summed E-state index contributed by atoms with van der Waals surface area (Å²) in [7, 11) is 0. The number of hydrogen-bond donors (Lipinski definition) is 1. The van der Waals surface area contributed by atoms with Crippen LogP contribution in [-0.2, 0) is 11.3 Å². The Morgan fingerprint density at radius 1 is 1.28 bits per heavy atom. The molecule has 1 aliphatic rings. The van der Waals surface area contributed by atoms with Gasteiger partial charge in [0.2, 0.25) is 6.79 Å². The summed E-state index contributed by atoms with van der Waals surface area (Å²) >= 11 is 1.59. The molecule has 0 bridgehead atoms. The van der Waals surface area contributed by atoms with Gasteiger partial charge in [-0.2, -0.15) is 5.10 Å². The Hall–Kier alpha value is -3.00. The maximum Gasteiger partial charge on any atom is 0.266 e. The molecule has 2 aromatic heterocycles. The normalized spacial score (nSPS) is 12.2. The third-order valence-electron chi connectivity index (χ3n) is 3.68. The van der Waals surface area contributed by atoms with Gasteiger partial charge in [0, 0.05) is 17.0 Å². The van der Waals surface area contributed by atoms with E-state index < -0.39 is 0 Å². The SMILES string of the molecule is O=C(COc1ccc2c(c1)OCO2)N(Cc1cccs1)c1ccn[nH]1. The van der Waals surface area contributed by atoms with E-state index in [1.165, 1.54) is 0 Å². The van der Waals surface area contributed by atoms with Gasteiger partial charge in [-0.25, -0.2) is 0 Å². The number of ether oxygens (including phenoxy) is 3. The minimum Gasteiger partial charge on any atom is -0.484 e. The topological polar surface area (TPSA) is 76.7 Å². The highest BCUT2D eigenvalue weighted by Crippen LogP contribution is 2.35. The molecule has 0 saturated heterocycles. The van der Waals surface area contributed by atoms with Crippen molar-refractivity contribution in [3.63, 3.8) is 0 Å². The van der Waals surface area contributed by atoms with Crippen molar-refractivity contribution in [2.75, 3.05) is 18.3 Å². The van der Waals surface area contributed by atoms with Crippen molar-refractivity contribution in [2.45, 2.75) is 6.54 Å². The first-order chi connectivity index (χ1) is 12.3. The van der Waals surface area contributed by atoms with Gasteiger partial charge in [-0.3, -0.25) is 14.8 Å². The molecule has 0 spiro atoms. The van der Waals surface area contributed by atoms with E-state index in [9.17, 15) is 4.79 Å². The number of carbonyl (C=O) groups is 1. The number of carbonyl (C=O) groups excluding carboxylic acids is 1. The van der Waals surface area contributed by atoms with Crippen LogP contribution in [0.1, 0.15) is 4.88 Å². The molecule has 1 N–H and O–H groups in total. The molecule has 0 saturated carbocycles. The fourth-order valence-electron chi connectivity index (χ4n) is 2.45. The van der Waals surface area contributed by atoms with Gasteiger partial charge in [0.25, 0.3) is 5.91 Å². The molecule has 0 atom stereocenters. The Morgan fingerprint density at radius 2 is 2.20 bits per heavy atom. The molecule has 25 heavy (non-hydrogen) atoms. The molecule has 1 aromatic carbocycles. The fourth-order valence-corrected chi connectivity index (χ4v) is 3.15. The van der Waals surface area contributed by atoms with Crippen LogP contribution in [0.4, 0.5) is 5.82 Å².